The molecule has 2 aromatic rings. The molecule has 0 spiro atoms. The molecule has 0 saturated carbocycles. The predicted octanol–water partition coefficient (Wildman–Crippen LogP) is 3.69. The molecule has 2 heterocycles. The lowest BCUT2D eigenvalue weighted by molar-refractivity contribution is -0.274. The van der Waals surface area contributed by atoms with Crippen LogP contribution >= 0.6 is 11.3 Å². The molecule has 1 aromatic heterocycles. The highest BCUT2D eigenvalue weighted by atomic mass is 32.2. The Balaban J connectivity index is 1.64. The van der Waals surface area contributed by atoms with E-state index in [1.165, 1.54) is 27.8 Å². The minimum atomic E-state index is -4.91. The smallest absolute Gasteiger partial charge is 0.406 e. The first kappa shape index (κ1) is 20.6. The first-order chi connectivity index (χ1) is 13.1. The van der Waals surface area contributed by atoms with Gasteiger partial charge >= 0.3 is 6.36 Å². The Morgan fingerprint density at radius 3 is 2.54 bits per heavy atom. The van der Waals surface area contributed by atoms with Gasteiger partial charge in [-0.05, 0) is 36.4 Å². The Hall–Kier alpha value is -2.11. The molecule has 1 N–H and O–H groups in total. The maximum absolute atomic E-state index is 12.7. The number of carbonyl (C=O) groups excluding carboxylic acids is 1. The highest BCUT2D eigenvalue weighted by molar-refractivity contribution is 7.89. The summed E-state index contributed by atoms with van der Waals surface area (Å²) in [4.78, 5) is 12.0. The van der Waals surface area contributed by atoms with E-state index in [-0.39, 0.29) is 29.8 Å². The zero-order valence-corrected chi connectivity index (χ0v) is 16.1. The summed E-state index contributed by atoms with van der Waals surface area (Å²) in [6, 6.07) is 6.06. The van der Waals surface area contributed by atoms with E-state index in [2.05, 4.69) is 10.1 Å². The van der Waals surface area contributed by atoms with Crippen LogP contribution in [0.15, 0.2) is 46.0 Å². The second-order valence-electron chi connectivity index (χ2n) is 6.20. The molecular weight excluding hydrogens is 417 g/mol. The second-order valence-corrected chi connectivity index (χ2v) is 8.92. The molecule has 11 heteroatoms. The van der Waals surface area contributed by atoms with Crippen LogP contribution in [0.5, 0.6) is 5.75 Å². The number of sulfonamides is 1. The highest BCUT2D eigenvalue weighted by Crippen LogP contribution is 2.29. The Bertz CT molecular complexity index is 922. The standard InChI is InChI=1S/C17H17F3N2O4S2/c18-17(19,20)26-14-2-1-3-15(10-14)28(24,25)22-7-4-12(5-8-22)16(23)21-13-6-9-27-11-13/h1-3,6,9-12H,4-5,7-8H2,(H,21,23). The predicted molar refractivity (Wildman–Crippen MR) is 97.6 cm³/mol. The summed E-state index contributed by atoms with van der Waals surface area (Å²) < 4.78 is 67.5. The van der Waals surface area contributed by atoms with Crippen LogP contribution in [-0.2, 0) is 14.8 Å². The van der Waals surface area contributed by atoms with Gasteiger partial charge in [0.2, 0.25) is 15.9 Å². The average molecular weight is 434 g/mol. The molecule has 0 atom stereocenters. The number of benzene rings is 1. The monoisotopic (exact) mass is 434 g/mol. The summed E-state index contributed by atoms with van der Waals surface area (Å²) in [5.74, 6) is -1.10. The van der Waals surface area contributed by atoms with Gasteiger partial charge < -0.3 is 10.1 Å². The number of halogens is 3. The molecule has 28 heavy (non-hydrogen) atoms. The number of rotatable bonds is 5. The van der Waals surface area contributed by atoms with Gasteiger partial charge in [0.25, 0.3) is 0 Å². The van der Waals surface area contributed by atoms with Gasteiger partial charge in [0, 0.05) is 30.5 Å². The van der Waals surface area contributed by atoms with Crippen molar-refractivity contribution in [1.29, 1.82) is 0 Å². The molecule has 1 saturated heterocycles. The van der Waals surface area contributed by atoms with Gasteiger partial charge in [0.15, 0.2) is 0 Å². The molecule has 1 aliphatic heterocycles. The number of amides is 1. The summed E-state index contributed by atoms with van der Waals surface area (Å²) in [5, 5.41) is 6.42. The fraction of sp³-hybridized carbons (Fsp3) is 0.353. The third kappa shape index (κ3) is 5.03. The Labute approximate surface area is 164 Å². The van der Waals surface area contributed by atoms with Crippen LogP contribution < -0.4 is 10.1 Å². The number of anilines is 1. The Kier molecular flexibility index (Phi) is 5.96. The molecule has 1 amide bonds. The summed E-state index contributed by atoms with van der Waals surface area (Å²) in [7, 11) is -3.98. The number of hydrogen-bond donors (Lipinski definition) is 1. The zero-order chi connectivity index (χ0) is 20.4. The van der Waals surface area contributed by atoms with Crippen LogP contribution in [-0.4, -0.2) is 38.1 Å². The molecule has 6 nitrogen and oxygen atoms in total. The van der Waals surface area contributed by atoms with Crippen LogP contribution in [0, 0.1) is 5.92 Å². The van der Waals surface area contributed by atoms with Gasteiger partial charge in [-0.3, -0.25) is 4.79 Å². The van der Waals surface area contributed by atoms with Crippen LogP contribution in [0.3, 0.4) is 0 Å². The van der Waals surface area contributed by atoms with Crippen molar-refractivity contribution >= 4 is 33.0 Å². The summed E-state index contributed by atoms with van der Waals surface area (Å²) in [5.41, 5.74) is 0.700. The van der Waals surface area contributed by atoms with Crippen molar-refractivity contribution in [3.63, 3.8) is 0 Å². The van der Waals surface area contributed by atoms with Crippen LogP contribution in [0.25, 0.3) is 0 Å². The molecule has 1 aromatic carbocycles. The molecule has 0 aliphatic carbocycles. The number of nitrogens with zero attached hydrogens (tertiary/aromatic N) is 1. The van der Waals surface area contributed by atoms with E-state index in [0.29, 0.717) is 18.5 Å². The van der Waals surface area contributed by atoms with E-state index < -0.39 is 22.1 Å². The number of hydrogen-bond acceptors (Lipinski definition) is 5. The molecule has 1 aliphatic rings. The number of ether oxygens (including phenoxy) is 1. The summed E-state index contributed by atoms with van der Waals surface area (Å²) in [6.45, 7) is 0.211. The van der Waals surface area contributed by atoms with Crippen LogP contribution in [0.1, 0.15) is 12.8 Å². The number of carbonyl (C=O) groups is 1. The maximum Gasteiger partial charge on any atom is 0.573 e. The number of alkyl halides is 3. The van der Waals surface area contributed by atoms with E-state index in [9.17, 15) is 26.4 Å². The number of thiophene rings is 1. The fourth-order valence-electron chi connectivity index (χ4n) is 2.92. The Morgan fingerprint density at radius 1 is 1.21 bits per heavy atom. The van der Waals surface area contributed by atoms with Crippen molar-refractivity contribution in [3.05, 3.63) is 41.1 Å². The maximum atomic E-state index is 12.7. The second kappa shape index (κ2) is 8.10. The minimum Gasteiger partial charge on any atom is -0.406 e. The van der Waals surface area contributed by atoms with Crippen molar-refractivity contribution in [2.45, 2.75) is 24.1 Å². The third-order valence-electron chi connectivity index (χ3n) is 4.29. The molecule has 0 radical (unpaired) electrons. The molecule has 1 fully saturated rings. The quantitative estimate of drug-likeness (QED) is 0.779. The van der Waals surface area contributed by atoms with Crippen molar-refractivity contribution < 1.29 is 31.1 Å². The van der Waals surface area contributed by atoms with E-state index in [0.717, 1.165) is 12.1 Å². The van der Waals surface area contributed by atoms with E-state index in [1.54, 1.807) is 11.4 Å². The first-order valence-electron chi connectivity index (χ1n) is 8.34. The molecule has 0 bridgehead atoms. The normalized spacial score (nSPS) is 16.7. The molecule has 152 valence electrons. The third-order valence-corrected chi connectivity index (χ3v) is 6.87. The lowest BCUT2D eigenvalue weighted by Gasteiger charge is -2.30. The van der Waals surface area contributed by atoms with Crippen molar-refractivity contribution in [1.82, 2.24) is 4.31 Å². The van der Waals surface area contributed by atoms with Crippen molar-refractivity contribution in [2.75, 3.05) is 18.4 Å². The van der Waals surface area contributed by atoms with Gasteiger partial charge in [-0.1, -0.05) is 6.07 Å². The van der Waals surface area contributed by atoms with Gasteiger partial charge in [-0.15, -0.1) is 13.2 Å². The van der Waals surface area contributed by atoms with E-state index in [4.69, 9.17) is 0 Å². The largest absolute Gasteiger partial charge is 0.573 e. The zero-order valence-electron chi connectivity index (χ0n) is 14.5. The summed E-state index contributed by atoms with van der Waals surface area (Å²) >= 11 is 1.45. The van der Waals surface area contributed by atoms with Crippen molar-refractivity contribution in [3.8, 4) is 5.75 Å². The lowest BCUT2D eigenvalue weighted by atomic mass is 9.97. The topological polar surface area (TPSA) is 75.7 Å². The van der Waals surface area contributed by atoms with Gasteiger partial charge in [-0.2, -0.15) is 15.6 Å². The fourth-order valence-corrected chi connectivity index (χ4v) is 5.01. The van der Waals surface area contributed by atoms with E-state index in [1.807, 2.05) is 5.38 Å². The Morgan fingerprint density at radius 2 is 1.93 bits per heavy atom. The van der Waals surface area contributed by atoms with Gasteiger partial charge in [-0.25, -0.2) is 8.42 Å². The van der Waals surface area contributed by atoms with Gasteiger partial charge in [0.05, 0.1) is 10.6 Å². The lowest BCUT2D eigenvalue weighted by Crippen LogP contribution is -2.41. The molecular formula is C17H17F3N2O4S2. The van der Waals surface area contributed by atoms with E-state index >= 15 is 0 Å². The summed E-state index contributed by atoms with van der Waals surface area (Å²) in [6.07, 6.45) is -4.25. The molecule has 0 unspecified atom stereocenters. The van der Waals surface area contributed by atoms with Gasteiger partial charge in [0.1, 0.15) is 5.75 Å². The number of nitrogens with one attached hydrogen (secondary N) is 1. The molecule has 3 rings (SSSR count). The average Bonchev–Trinajstić information content (AvgIpc) is 3.13. The van der Waals surface area contributed by atoms with Crippen LogP contribution in [0.4, 0.5) is 18.9 Å². The SMILES string of the molecule is O=C(Nc1ccsc1)C1CCN(S(=O)(=O)c2cccc(OC(F)(F)F)c2)CC1. The highest BCUT2D eigenvalue weighted by Gasteiger charge is 2.34. The van der Waals surface area contributed by atoms with Crippen LogP contribution in [0.2, 0.25) is 0 Å². The first-order valence-corrected chi connectivity index (χ1v) is 10.7. The minimum absolute atomic E-state index is 0.106. The van der Waals surface area contributed by atoms with Crippen molar-refractivity contribution in [2.24, 2.45) is 5.92 Å². The number of piperidine rings is 1.